The fraction of sp³-hybridized carbons (Fsp3) is 1.00. The van der Waals surface area contributed by atoms with E-state index >= 15 is 0 Å². The van der Waals surface area contributed by atoms with Gasteiger partial charge in [-0.25, -0.2) is 0 Å². The Bertz CT molecular complexity index is 172. The van der Waals surface area contributed by atoms with Gasteiger partial charge in [0, 0.05) is 24.7 Å². The maximum Gasteiger partial charge on any atom is 0.0594 e. The first-order chi connectivity index (χ1) is 7.12. The summed E-state index contributed by atoms with van der Waals surface area (Å²) in [7, 11) is 0. The van der Waals surface area contributed by atoms with Crippen LogP contribution in [0.5, 0.6) is 0 Å². The van der Waals surface area contributed by atoms with Gasteiger partial charge in [0.25, 0.3) is 0 Å². The van der Waals surface area contributed by atoms with Gasteiger partial charge in [0.15, 0.2) is 0 Å². The highest BCUT2D eigenvalue weighted by molar-refractivity contribution is 4.93. The number of hydrogen-bond donors (Lipinski definition) is 2. The molecule has 0 bridgehead atoms. The van der Waals surface area contributed by atoms with E-state index in [0.29, 0.717) is 6.04 Å². The molecule has 1 heterocycles. The van der Waals surface area contributed by atoms with Crippen molar-refractivity contribution >= 4 is 0 Å². The molecule has 1 aliphatic rings. The molecule has 90 valence electrons. The first kappa shape index (κ1) is 12.9. The van der Waals surface area contributed by atoms with Crippen LogP contribution in [0.2, 0.25) is 0 Å². The zero-order chi connectivity index (χ0) is 11.3. The van der Waals surface area contributed by atoms with E-state index in [4.69, 9.17) is 10.6 Å². The lowest BCUT2D eigenvalue weighted by molar-refractivity contribution is -0.0244. The molecule has 4 nitrogen and oxygen atoms in total. The summed E-state index contributed by atoms with van der Waals surface area (Å²) in [6.07, 6.45) is 2.27. The van der Waals surface area contributed by atoms with E-state index in [9.17, 15) is 0 Å². The summed E-state index contributed by atoms with van der Waals surface area (Å²) in [6, 6.07) is 0.348. The van der Waals surface area contributed by atoms with Crippen LogP contribution >= 0.6 is 0 Å². The number of morpholine rings is 1. The van der Waals surface area contributed by atoms with Crippen LogP contribution < -0.4 is 11.3 Å². The summed E-state index contributed by atoms with van der Waals surface area (Å²) >= 11 is 0. The third-order valence-corrected chi connectivity index (χ3v) is 3.46. The molecule has 1 rings (SSSR count). The Morgan fingerprint density at radius 1 is 1.40 bits per heavy atom. The fourth-order valence-corrected chi connectivity index (χ4v) is 2.29. The molecule has 0 saturated carbocycles. The number of nitrogens with one attached hydrogen (secondary N) is 1. The molecule has 1 atom stereocenters. The van der Waals surface area contributed by atoms with E-state index in [2.05, 4.69) is 31.1 Å². The normalized spacial score (nSPS) is 21.6. The van der Waals surface area contributed by atoms with Crippen molar-refractivity contribution in [2.24, 2.45) is 5.84 Å². The molecule has 0 radical (unpaired) electrons. The molecule has 1 saturated heterocycles. The molecular weight excluding hydrogens is 190 g/mol. The Balaban J connectivity index is 2.60. The molecule has 0 aliphatic carbocycles. The van der Waals surface area contributed by atoms with Crippen LogP contribution in [0.25, 0.3) is 0 Å². The first-order valence-electron chi connectivity index (χ1n) is 5.91. The number of hydrazine groups is 1. The number of ether oxygens (including phenoxy) is 1. The van der Waals surface area contributed by atoms with Crippen LogP contribution in [0.1, 0.15) is 33.6 Å². The lowest BCUT2D eigenvalue weighted by Gasteiger charge is -2.45. The Morgan fingerprint density at radius 3 is 2.47 bits per heavy atom. The van der Waals surface area contributed by atoms with E-state index in [1.165, 1.54) is 0 Å². The molecule has 0 amide bonds. The summed E-state index contributed by atoms with van der Waals surface area (Å²) in [5, 5.41) is 0. The predicted octanol–water partition coefficient (Wildman–Crippen LogP) is 0.729. The Kier molecular flexibility index (Phi) is 4.99. The minimum absolute atomic E-state index is 0.106. The Labute approximate surface area is 93.1 Å². The third-order valence-electron chi connectivity index (χ3n) is 3.46. The van der Waals surface area contributed by atoms with Gasteiger partial charge >= 0.3 is 0 Å². The van der Waals surface area contributed by atoms with E-state index < -0.39 is 0 Å². The molecule has 1 aliphatic heterocycles. The van der Waals surface area contributed by atoms with Gasteiger partial charge in [-0.3, -0.25) is 16.2 Å². The molecule has 0 aromatic carbocycles. The van der Waals surface area contributed by atoms with Gasteiger partial charge in [0.05, 0.1) is 13.2 Å². The fourth-order valence-electron chi connectivity index (χ4n) is 2.29. The van der Waals surface area contributed by atoms with Crippen LogP contribution in [0, 0.1) is 0 Å². The summed E-state index contributed by atoms with van der Waals surface area (Å²) in [5.74, 6) is 5.64. The van der Waals surface area contributed by atoms with E-state index in [1.54, 1.807) is 0 Å². The van der Waals surface area contributed by atoms with Crippen molar-refractivity contribution in [1.82, 2.24) is 10.3 Å². The molecule has 0 aromatic rings. The maximum absolute atomic E-state index is 5.64. The van der Waals surface area contributed by atoms with Gasteiger partial charge in [-0.15, -0.1) is 0 Å². The van der Waals surface area contributed by atoms with Gasteiger partial charge in [-0.1, -0.05) is 13.3 Å². The van der Waals surface area contributed by atoms with E-state index in [1.807, 2.05) is 0 Å². The topological polar surface area (TPSA) is 50.5 Å². The zero-order valence-electron chi connectivity index (χ0n) is 10.3. The highest BCUT2D eigenvalue weighted by Gasteiger charge is 2.34. The smallest absolute Gasteiger partial charge is 0.0594 e. The first-order valence-corrected chi connectivity index (χ1v) is 5.91. The molecule has 1 fully saturated rings. The number of hydrogen-bond acceptors (Lipinski definition) is 4. The lowest BCUT2D eigenvalue weighted by Crippen LogP contribution is -2.61. The van der Waals surface area contributed by atoms with Gasteiger partial charge in [-0.2, -0.15) is 0 Å². The number of rotatable bonds is 5. The van der Waals surface area contributed by atoms with Crippen LogP contribution in [0.4, 0.5) is 0 Å². The summed E-state index contributed by atoms with van der Waals surface area (Å²) in [5.41, 5.74) is 3.06. The summed E-state index contributed by atoms with van der Waals surface area (Å²) in [4.78, 5) is 2.47. The Morgan fingerprint density at radius 2 is 2.00 bits per heavy atom. The summed E-state index contributed by atoms with van der Waals surface area (Å²) < 4.78 is 5.37. The SMILES string of the molecule is CCCC(NN)C(C)(C)N1CCOCC1. The van der Waals surface area contributed by atoms with Gasteiger partial charge in [0.2, 0.25) is 0 Å². The summed E-state index contributed by atoms with van der Waals surface area (Å²) in [6.45, 7) is 10.4. The van der Waals surface area contributed by atoms with Crippen molar-refractivity contribution in [3.63, 3.8) is 0 Å². The monoisotopic (exact) mass is 215 g/mol. The van der Waals surface area contributed by atoms with Crippen LogP contribution in [-0.2, 0) is 4.74 Å². The molecular formula is C11H25N3O. The second-order valence-corrected chi connectivity index (χ2v) is 4.76. The largest absolute Gasteiger partial charge is 0.379 e. The van der Waals surface area contributed by atoms with Crippen molar-refractivity contribution in [1.29, 1.82) is 0 Å². The number of nitrogens with zero attached hydrogens (tertiary/aromatic N) is 1. The van der Waals surface area contributed by atoms with Crippen LogP contribution in [0.3, 0.4) is 0 Å². The molecule has 0 aromatic heterocycles. The standard InChI is InChI=1S/C11H25N3O/c1-4-5-10(13-12)11(2,3)14-6-8-15-9-7-14/h10,13H,4-9,12H2,1-3H3. The van der Waals surface area contributed by atoms with Crippen LogP contribution in [0.15, 0.2) is 0 Å². The molecule has 3 N–H and O–H groups in total. The van der Waals surface area contributed by atoms with Gasteiger partial charge in [0.1, 0.15) is 0 Å². The quantitative estimate of drug-likeness (QED) is 0.524. The van der Waals surface area contributed by atoms with Crippen LogP contribution in [-0.4, -0.2) is 42.8 Å². The molecule has 0 spiro atoms. The number of nitrogens with two attached hydrogens (primary N) is 1. The van der Waals surface area contributed by atoms with Gasteiger partial charge in [-0.05, 0) is 20.3 Å². The minimum Gasteiger partial charge on any atom is -0.379 e. The van der Waals surface area contributed by atoms with Crippen molar-refractivity contribution in [3.8, 4) is 0 Å². The third kappa shape index (κ3) is 3.14. The average Bonchev–Trinajstić information content (AvgIpc) is 2.27. The van der Waals surface area contributed by atoms with Crippen molar-refractivity contribution in [2.45, 2.75) is 45.2 Å². The Hall–Kier alpha value is -0.160. The predicted molar refractivity (Wildman–Crippen MR) is 62.5 cm³/mol. The van der Waals surface area contributed by atoms with Crippen molar-refractivity contribution < 1.29 is 4.74 Å². The molecule has 4 heteroatoms. The zero-order valence-corrected chi connectivity index (χ0v) is 10.3. The highest BCUT2D eigenvalue weighted by atomic mass is 16.5. The second kappa shape index (κ2) is 5.80. The molecule has 1 unspecified atom stereocenters. The van der Waals surface area contributed by atoms with Crippen molar-refractivity contribution in [2.75, 3.05) is 26.3 Å². The van der Waals surface area contributed by atoms with E-state index in [-0.39, 0.29) is 5.54 Å². The van der Waals surface area contributed by atoms with Gasteiger partial charge < -0.3 is 4.74 Å². The highest BCUT2D eigenvalue weighted by Crippen LogP contribution is 2.22. The van der Waals surface area contributed by atoms with E-state index in [0.717, 1.165) is 39.1 Å². The molecule has 15 heavy (non-hydrogen) atoms. The lowest BCUT2D eigenvalue weighted by atomic mass is 9.89. The van der Waals surface area contributed by atoms with Crippen molar-refractivity contribution in [3.05, 3.63) is 0 Å². The average molecular weight is 215 g/mol. The minimum atomic E-state index is 0.106. The second-order valence-electron chi connectivity index (χ2n) is 4.76. The maximum atomic E-state index is 5.64.